The Morgan fingerprint density at radius 3 is 2.24 bits per heavy atom. The molecule has 0 saturated heterocycles. The maximum atomic E-state index is 3.71. The highest BCUT2D eigenvalue weighted by Crippen LogP contribution is 2.44. The van der Waals surface area contributed by atoms with E-state index in [-0.39, 0.29) is 0 Å². The van der Waals surface area contributed by atoms with Crippen molar-refractivity contribution < 1.29 is 0 Å². The minimum Gasteiger partial charge on any atom is -0.336 e. The minimum atomic E-state index is 0.884. The molecule has 0 aliphatic heterocycles. The first kappa shape index (κ1) is 17.1. The molecule has 5 aromatic rings. The number of hydrogen-bond donors (Lipinski definition) is 0. The van der Waals surface area contributed by atoms with Gasteiger partial charge in [-0.2, -0.15) is 0 Å². The van der Waals surface area contributed by atoms with Crippen LogP contribution < -0.4 is 0 Å². The van der Waals surface area contributed by atoms with E-state index in [1.165, 1.54) is 62.5 Å². The van der Waals surface area contributed by atoms with Crippen molar-refractivity contribution in [3.8, 4) is 11.1 Å². The summed E-state index contributed by atoms with van der Waals surface area (Å²) in [4.78, 5) is 0. The molecule has 0 atom stereocenters. The molecule has 0 amide bonds. The standard InChI is InChI=1S/C27H20BrN/c28-21-12-14-24-23(16-21)27-25(29(24)17-18-7-3-1-4-8-18)15-20-11-13-22(20)26(27)19-9-5-2-6-10-19/h1-10,12,14-16H,11,13,17H2. The molecule has 140 valence electrons. The summed E-state index contributed by atoms with van der Waals surface area (Å²) in [5.41, 5.74) is 9.77. The van der Waals surface area contributed by atoms with E-state index < -0.39 is 0 Å². The fraction of sp³-hybridized carbons (Fsp3) is 0.111. The number of fused-ring (bicyclic) bond motifs is 4. The van der Waals surface area contributed by atoms with E-state index in [9.17, 15) is 0 Å². The van der Waals surface area contributed by atoms with Gasteiger partial charge in [0.25, 0.3) is 0 Å². The van der Waals surface area contributed by atoms with Crippen molar-refractivity contribution in [3.05, 3.63) is 106 Å². The van der Waals surface area contributed by atoms with Crippen molar-refractivity contribution in [1.82, 2.24) is 4.57 Å². The number of benzene rings is 4. The molecule has 1 aromatic heterocycles. The van der Waals surface area contributed by atoms with Crippen molar-refractivity contribution >= 4 is 37.7 Å². The van der Waals surface area contributed by atoms with Crippen molar-refractivity contribution in [2.75, 3.05) is 0 Å². The Morgan fingerprint density at radius 1 is 0.759 bits per heavy atom. The molecule has 0 fully saturated rings. The van der Waals surface area contributed by atoms with Crippen molar-refractivity contribution in [3.63, 3.8) is 0 Å². The minimum absolute atomic E-state index is 0.884. The molecule has 29 heavy (non-hydrogen) atoms. The van der Waals surface area contributed by atoms with Gasteiger partial charge in [-0.15, -0.1) is 0 Å². The maximum absolute atomic E-state index is 3.71. The Kier molecular flexibility index (Phi) is 3.88. The SMILES string of the molecule is Brc1ccc2c(c1)c1c(-c3ccccc3)c3c(cc1n2Cc1ccccc1)CC3. The summed E-state index contributed by atoms with van der Waals surface area (Å²) >= 11 is 3.71. The van der Waals surface area contributed by atoms with Crippen LogP contribution in [-0.2, 0) is 19.4 Å². The van der Waals surface area contributed by atoms with Crippen LogP contribution in [-0.4, -0.2) is 4.57 Å². The zero-order chi connectivity index (χ0) is 19.4. The number of aryl methyl sites for hydroxylation is 1. The van der Waals surface area contributed by atoms with Gasteiger partial charge in [0.2, 0.25) is 0 Å². The van der Waals surface area contributed by atoms with Gasteiger partial charge in [-0.3, -0.25) is 0 Å². The summed E-state index contributed by atoms with van der Waals surface area (Å²) in [5, 5.41) is 2.72. The summed E-state index contributed by atoms with van der Waals surface area (Å²) in [6, 6.07) is 30.8. The summed E-state index contributed by atoms with van der Waals surface area (Å²) in [5.74, 6) is 0. The van der Waals surface area contributed by atoms with Crippen LogP contribution in [0.5, 0.6) is 0 Å². The van der Waals surface area contributed by atoms with E-state index in [1.54, 1.807) is 0 Å². The van der Waals surface area contributed by atoms with E-state index in [4.69, 9.17) is 0 Å². The Bertz CT molecular complexity index is 1360. The Morgan fingerprint density at radius 2 is 1.52 bits per heavy atom. The molecule has 4 aromatic carbocycles. The molecule has 0 saturated carbocycles. The predicted octanol–water partition coefficient (Wildman–Crippen LogP) is 7.37. The second-order valence-electron chi connectivity index (χ2n) is 7.88. The highest BCUT2D eigenvalue weighted by atomic mass is 79.9. The highest BCUT2D eigenvalue weighted by molar-refractivity contribution is 9.10. The summed E-state index contributed by atoms with van der Waals surface area (Å²) in [7, 11) is 0. The molecule has 1 aliphatic carbocycles. The Labute approximate surface area is 178 Å². The number of rotatable bonds is 3. The fourth-order valence-corrected chi connectivity index (χ4v) is 5.14. The molecule has 1 aliphatic rings. The molecule has 1 heterocycles. The van der Waals surface area contributed by atoms with Gasteiger partial charge < -0.3 is 4.57 Å². The van der Waals surface area contributed by atoms with Crippen LogP contribution in [0, 0.1) is 0 Å². The Hall–Kier alpha value is -2.84. The lowest BCUT2D eigenvalue weighted by atomic mass is 9.80. The molecule has 2 heteroatoms. The van der Waals surface area contributed by atoms with Crippen molar-refractivity contribution in [2.45, 2.75) is 19.4 Å². The third-order valence-corrected chi connectivity index (χ3v) is 6.70. The zero-order valence-corrected chi connectivity index (χ0v) is 17.6. The monoisotopic (exact) mass is 437 g/mol. The highest BCUT2D eigenvalue weighted by Gasteiger charge is 2.25. The van der Waals surface area contributed by atoms with Gasteiger partial charge in [-0.1, -0.05) is 76.6 Å². The van der Waals surface area contributed by atoms with Gasteiger partial charge in [-0.05, 0) is 64.9 Å². The number of nitrogens with zero attached hydrogens (tertiary/aromatic N) is 1. The topological polar surface area (TPSA) is 4.93 Å². The molecule has 0 spiro atoms. The smallest absolute Gasteiger partial charge is 0.0503 e. The quantitative estimate of drug-likeness (QED) is 0.277. The van der Waals surface area contributed by atoms with E-state index in [0.29, 0.717) is 0 Å². The largest absolute Gasteiger partial charge is 0.336 e. The number of hydrogen-bond acceptors (Lipinski definition) is 0. The molecule has 0 unspecified atom stereocenters. The summed E-state index contributed by atoms with van der Waals surface area (Å²) < 4.78 is 3.63. The average Bonchev–Trinajstić information content (AvgIpc) is 3.03. The second-order valence-corrected chi connectivity index (χ2v) is 8.80. The molecular formula is C27H20BrN. The molecule has 0 radical (unpaired) electrons. The van der Waals surface area contributed by atoms with Gasteiger partial charge in [0.15, 0.2) is 0 Å². The van der Waals surface area contributed by atoms with Crippen LogP contribution in [0.4, 0.5) is 0 Å². The van der Waals surface area contributed by atoms with Crippen molar-refractivity contribution in [2.24, 2.45) is 0 Å². The van der Waals surface area contributed by atoms with E-state index in [2.05, 4.69) is 105 Å². The van der Waals surface area contributed by atoms with Gasteiger partial charge >= 0.3 is 0 Å². The normalized spacial score (nSPS) is 12.9. The van der Waals surface area contributed by atoms with E-state index in [1.807, 2.05) is 0 Å². The molecule has 1 nitrogen and oxygen atoms in total. The fourth-order valence-electron chi connectivity index (χ4n) is 4.77. The predicted molar refractivity (Wildman–Crippen MR) is 126 cm³/mol. The summed E-state index contributed by atoms with van der Waals surface area (Å²) in [6.45, 7) is 0.884. The lowest BCUT2D eigenvalue weighted by molar-refractivity contribution is 0.835. The van der Waals surface area contributed by atoms with Crippen LogP contribution >= 0.6 is 15.9 Å². The third kappa shape index (κ3) is 2.67. The summed E-state index contributed by atoms with van der Waals surface area (Å²) in [6.07, 6.45) is 2.36. The van der Waals surface area contributed by atoms with Gasteiger partial charge in [0, 0.05) is 27.3 Å². The van der Waals surface area contributed by atoms with E-state index >= 15 is 0 Å². The van der Waals surface area contributed by atoms with Crippen LogP contribution in [0.1, 0.15) is 16.7 Å². The molecular weight excluding hydrogens is 418 g/mol. The van der Waals surface area contributed by atoms with Crippen LogP contribution in [0.15, 0.2) is 89.4 Å². The van der Waals surface area contributed by atoms with Gasteiger partial charge in [0.1, 0.15) is 0 Å². The first-order valence-electron chi connectivity index (χ1n) is 10.1. The third-order valence-electron chi connectivity index (χ3n) is 6.21. The number of aromatic nitrogens is 1. The first-order chi connectivity index (χ1) is 14.3. The van der Waals surface area contributed by atoms with E-state index in [0.717, 1.165) is 11.0 Å². The lowest BCUT2D eigenvalue weighted by Crippen LogP contribution is -2.11. The van der Waals surface area contributed by atoms with Crippen LogP contribution in [0.2, 0.25) is 0 Å². The molecule has 0 bridgehead atoms. The Balaban J connectivity index is 1.74. The molecule has 0 N–H and O–H groups in total. The maximum Gasteiger partial charge on any atom is 0.0503 e. The van der Waals surface area contributed by atoms with Gasteiger partial charge in [-0.25, -0.2) is 0 Å². The molecule has 6 rings (SSSR count). The lowest BCUT2D eigenvalue weighted by Gasteiger charge is -2.24. The van der Waals surface area contributed by atoms with Crippen LogP contribution in [0.25, 0.3) is 32.9 Å². The second kappa shape index (κ2) is 6.60. The number of halogens is 1. The van der Waals surface area contributed by atoms with Crippen LogP contribution in [0.3, 0.4) is 0 Å². The van der Waals surface area contributed by atoms with Crippen molar-refractivity contribution in [1.29, 1.82) is 0 Å². The first-order valence-corrected chi connectivity index (χ1v) is 10.9. The van der Waals surface area contributed by atoms with Gasteiger partial charge in [0.05, 0.1) is 5.52 Å². The zero-order valence-electron chi connectivity index (χ0n) is 16.0. The average molecular weight is 438 g/mol.